The van der Waals surface area contributed by atoms with Crippen LogP contribution in [-0.4, -0.2) is 0 Å². The highest BCUT2D eigenvalue weighted by Crippen LogP contribution is 2.49. The van der Waals surface area contributed by atoms with Crippen LogP contribution in [0, 0.1) is 0 Å². The van der Waals surface area contributed by atoms with E-state index >= 15 is 0 Å². The summed E-state index contributed by atoms with van der Waals surface area (Å²) in [7, 11) is 0. The van der Waals surface area contributed by atoms with E-state index in [9.17, 15) is 0 Å². The summed E-state index contributed by atoms with van der Waals surface area (Å²) in [6, 6.07) is 202. The number of furan rings is 2. The van der Waals surface area contributed by atoms with Crippen molar-refractivity contribution in [3.63, 3.8) is 0 Å². The van der Waals surface area contributed by atoms with Crippen molar-refractivity contribution in [1.82, 2.24) is 0 Å². The maximum atomic E-state index is 6.55. The number of benzene rings is 24. The molecule has 5 nitrogen and oxygen atoms in total. The zero-order valence-corrected chi connectivity index (χ0v) is 79.6. The van der Waals surface area contributed by atoms with Gasteiger partial charge in [-0.2, -0.15) is 0 Å². The molecule has 27 aromatic rings. The Labute approximate surface area is 840 Å². The highest BCUT2D eigenvalue weighted by molar-refractivity contribution is 7.25. The lowest BCUT2D eigenvalue weighted by atomic mass is 9.93. The lowest BCUT2D eigenvalue weighted by Crippen LogP contribution is -2.10. The summed E-state index contributed by atoms with van der Waals surface area (Å²) in [6.45, 7) is 0. The molecule has 144 heavy (non-hydrogen) atoms. The zero-order valence-electron chi connectivity index (χ0n) is 78.8. The maximum absolute atomic E-state index is 6.55. The van der Waals surface area contributed by atoms with Crippen molar-refractivity contribution in [3.8, 4) is 100 Å². The van der Waals surface area contributed by atoms with Crippen LogP contribution in [0.25, 0.3) is 197 Å². The minimum atomic E-state index is 0.872. The maximum Gasteiger partial charge on any atom is 0.159 e. The second kappa shape index (κ2) is 38.6. The summed E-state index contributed by atoms with van der Waals surface area (Å²) in [4.78, 5) is 6.98. The van der Waals surface area contributed by atoms with Gasteiger partial charge < -0.3 is 23.5 Å². The molecule has 0 aliphatic rings. The molecule has 0 unspecified atom stereocenters. The predicted octanol–water partition coefficient (Wildman–Crippen LogP) is 40.1. The van der Waals surface area contributed by atoms with Crippen molar-refractivity contribution in [2.45, 2.75) is 0 Å². The van der Waals surface area contributed by atoms with Crippen molar-refractivity contribution < 1.29 is 8.83 Å². The number of anilines is 9. The monoisotopic (exact) mass is 1860 g/mol. The Balaban J connectivity index is 0.000000113. The fraction of sp³-hybridized carbons (Fsp3) is 0. The lowest BCUT2D eigenvalue weighted by Gasteiger charge is -2.26. The molecule has 3 heterocycles. The fourth-order valence-electron chi connectivity index (χ4n) is 20.6. The average Bonchev–Trinajstić information content (AvgIpc) is 1.56. The largest absolute Gasteiger partial charge is 0.456 e. The smallest absolute Gasteiger partial charge is 0.159 e. The molecule has 3 aromatic heterocycles. The summed E-state index contributed by atoms with van der Waals surface area (Å²) in [5.74, 6) is 0. The fourth-order valence-corrected chi connectivity index (χ4v) is 21.8. The quantitative estimate of drug-likeness (QED) is 0.0856. The highest BCUT2D eigenvalue weighted by Gasteiger charge is 2.24. The summed E-state index contributed by atoms with van der Waals surface area (Å²) in [5, 5.41) is 14.6. The molecule has 24 aromatic carbocycles. The van der Waals surface area contributed by atoms with Gasteiger partial charge in [0.05, 0.1) is 5.69 Å². The summed E-state index contributed by atoms with van der Waals surface area (Å²) in [6.07, 6.45) is 0. The SMILES string of the molecule is c1ccc(-c2ccc(N(c3ccc(-c4cc(-c5ccccc5)c5ccccc5c4)cc3)c3ccc4c(c3)oc3ccccc34)cc2)cc1.c1ccc(-c2ccc(N(c3ccc(-c4cc(-c5ccccc5)c5ccccc5c4)cc3)c3ccc4c(c3)sc3ccccc34)cc2)cc1.c1ccc(-c2ccc(N(c3ccc(-c4cc(-c5ccccc5)c5ccccc5c4)cc3)c3cccc4c3oc3ccccc34)cc2)cc1. The molecule has 0 atom stereocenters. The molecular formula is C138H93N3O2S. The molecule has 27 rings (SSSR count). The van der Waals surface area contributed by atoms with Crippen molar-refractivity contribution >= 4 is 159 Å². The van der Waals surface area contributed by atoms with E-state index in [0.717, 1.165) is 95.1 Å². The molecule has 6 heteroatoms. The third-order valence-electron chi connectivity index (χ3n) is 27.8. The van der Waals surface area contributed by atoms with Gasteiger partial charge in [0.2, 0.25) is 0 Å². The molecule has 0 N–H and O–H groups in total. The van der Waals surface area contributed by atoms with Crippen LogP contribution in [0.15, 0.2) is 573 Å². The van der Waals surface area contributed by atoms with Gasteiger partial charge in [-0.3, -0.25) is 0 Å². The van der Waals surface area contributed by atoms with Gasteiger partial charge in [-0.05, 0) is 290 Å². The van der Waals surface area contributed by atoms with Gasteiger partial charge >= 0.3 is 0 Å². The minimum absolute atomic E-state index is 0.872. The average molecular weight is 1860 g/mol. The van der Waals surface area contributed by atoms with Crippen LogP contribution in [-0.2, 0) is 0 Å². The Morgan fingerprint density at radius 3 is 0.792 bits per heavy atom. The van der Waals surface area contributed by atoms with Gasteiger partial charge in [-0.15, -0.1) is 11.3 Å². The van der Waals surface area contributed by atoms with Crippen LogP contribution in [0.1, 0.15) is 0 Å². The molecule has 0 saturated carbocycles. The minimum Gasteiger partial charge on any atom is -0.456 e. The Kier molecular flexibility index (Phi) is 23.3. The summed E-state index contributed by atoms with van der Waals surface area (Å²) < 4.78 is 15.5. The third kappa shape index (κ3) is 17.2. The van der Waals surface area contributed by atoms with Gasteiger partial charge in [-0.25, -0.2) is 0 Å². The number of fused-ring (bicyclic) bond motifs is 12. The lowest BCUT2D eigenvalue weighted by molar-refractivity contribution is 0.668. The number of hydrogen-bond donors (Lipinski definition) is 0. The second-order valence-corrected chi connectivity index (χ2v) is 37.6. The zero-order chi connectivity index (χ0) is 95.6. The first-order valence-electron chi connectivity index (χ1n) is 49.0. The first-order valence-corrected chi connectivity index (χ1v) is 49.8. The predicted molar refractivity (Wildman–Crippen MR) is 612 cm³/mol. The normalized spacial score (nSPS) is 11.3. The molecule has 0 radical (unpaired) electrons. The summed E-state index contributed by atoms with van der Waals surface area (Å²) >= 11 is 1.86. The number of thiophene rings is 1. The van der Waals surface area contributed by atoms with E-state index in [1.807, 2.05) is 35.6 Å². The third-order valence-corrected chi connectivity index (χ3v) is 28.9. The van der Waals surface area contributed by atoms with Gasteiger partial charge in [-0.1, -0.05) is 400 Å². The molecule has 0 fully saturated rings. The Hall–Kier alpha value is -18.7. The van der Waals surface area contributed by atoms with E-state index in [2.05, 4.69) is 555 Å². The van der Waals surface area contributed by atoms with Crippen LogP contribution in [0.3, 0.4) is 0 Å². The molecule has 0 saturated heterocycles. The number of nitrogens with zero attached hydrogens (tertiary/aromatic N) is 3. The van der Waals surface area contributed by atoms with Crippen molar-refractivity contribution in [2.75, 3.05) is 14.7 Å². The Bertz CT molecular complexity index is 8960. The Morgan fingerprint density at radius 2 is 0.403 bits per heavy atom. The van der Waals surface area contributed by atoms with Gasteiger partial charge in [0.1, 0.15) is 16.7 Å². The second-order valence-electron chi connectivity index (χ2n) is 36.5. The van der Waals surface area contributed by atoms with Crippen LogP contribution >= 0.6 is 11.3 Å². The van der Waals surface area contributed by atoms with Crippen LogP contribution in [0.4, 0.5) is 51.2 Å². The van der Waals surface area contributed by atoms with Gasteiger partial charge in [0.25, 0.3) is 0 Å². The Morgan fingerprint density at radius 1 is 0.139 bits per heavy atom. The van der Waals surface area contributed by atoms with Crippen LogP contribution in [0.5, 0.6) is 0 Å². The van der Waals surface area contributed by atoms with E-state index in [1.54, 1.807) is 0 Å². The molecule has 0 amide bonds. The molecule has 0 spiro atoms. The molecule has 678 valence electrons. The number of hydrogen-bond acceptors (Lipinski definition) is 6. The van der Waals surface area contributed by atoms with Crippen LogP contribution < -0.4 is 14.7 Å². The molecule has 0 bridgehead atoms. The van der Waals surface area contributed by atoms with Crippen molar-refractivity contribution in [1.29, 1.82) is 0 Å². The number of rotatable bonds is 18. The highest BCUT2D eigenvalue weighted by atomic mass is 32.1. The van der Waals surface area contributed by atoms with Crippen LogP contribution in [0.2, 0.25) is 0 Å². The van der Waals surface area contributed by atoms with E-state index < -0.39 is 0 Å². The van der Waals surface area contributed by atoms with E-state index in [0.29, 0.717) is 0 Å². The van der Waals surface area contributed by atoms with E-state index in [-0.39, 0.29) is 0 Å². The van der Waals surface area contributed by atoms with Crippen molar-refractivity contribution in [2.24, 2.45) is 0 Å². The summed E-state index contributed by atoms with van der Waals surface area (Å²) in [5.41, 5.74) is 35.0. The first kappa shape index (κ1) is 86.8. The van der Waals surface area contributed by atoms with E-state index in [1.165, 1.54) is 153 Å². The van der Waals surface area contributed by atoms with E-state index in [4.69, 9.17) is 8.83 Å². The van der Waals surface area contributed by atoms with Gasteiger partial charge in [0.15, 0.2) is 5.58 Å². The topological polar surface area (TPSA) is 36.0 Å². The standard InChI is InChI=1S/2C46H31NO.C46H31NS/c1-3-12-32(13-4-1)33-22-26-38(27-23-33)47(44-20-11-19-42-41-18-9-10-21-45(41)48-46(42)44)39-28-24-34(25-29-39)37-30-36-16-7-8-17-40(36)43(31-37)35-14-5-2-6-15-35;2*1-3-11-32(12-4-1)33-19-23-38(24-20-33)47(40-27-28-43-42-17-9-10-18-45(42)48-46(43)31-40)39-25-21-34(22-26-39)37-29-36-15-7-8-16-41(36)44(30-37)35-13-5-2-6-14-35/h3*1-31H. The van der Waals surface area contributed by atoms with Crippen molar-refractivity contribution in [3.05, 3.63) is 564 Å². The molecule has 0 aliphatic heterocycles. The van der Waals surface area contributed by atoms with Gasteiger partial charge in [0, 0.05) is 93.3 Å². The molecular weight excluding hydrogens is 1760 g/mol. The first-order chi connectivity index (χ1) is 71.4. The molecule has 0 aliphatic carbocycles. The number of para-hydroxylation sites is 3.